The largest absolute Gasteiger partial charge is 0.497 e. The molecule has 156 valence electrons. The van der Waals surface area contributed by atoms with E-state index in [1.807, 2.05) is 0 Å². The van der Waals surface area contributed by atoms with Crippen molar-refractivity contribution in [3.05, 3.63) is 61.9 Å². The lowest BCUT2D eigenvalue weighted by molar-refractivity contribution is 0.0699. The Hall–Kier alpha value is -2.45. The van der Waals surface area contributed by atoms with Crippen LogP contribution in [0.25, 0.3) is 11.1 Å². The second kappa shape index (κ2) is 9.14. The molecule has 0 aliphatic rings. The number of halogens is 3. The van der Waals surface area contributed by atoms with E-state index in [0.717, 1.165) is 11.3 Å². The molecule has 10 heteroatoms. The number of aromatic carboxylic acids is 1. The monoisotopic (exact) mass is 485 g/mol. The lowest BCUT2D eigenvalue weighted by Crippen LogP contribution is -2.14. The van der Waals surface area contributed by atoms with Gasteiger partial charge < -0.3 is 19.9 Å². The number of rotatable bonds is 6. The molecular weight excluding hydrogens is 473 g/mol. The van der Waals surface area contributed by atoms with E-state index in [9.17, 15) is 14.7 Å². The van der Waals surface area contributed by atoms with Crippen molar-refractivity contribution in [3.8, 4) is 22.6 Å². The highest BCUT2D eigenvalue weighted by atomic mass is 35.5. The molecule has 3 aromatic rings. The van der Waals surface area contributed by atoms with Crippen LogP contribution < -0.4 is 14.8 Å². The van der Waals surface area contributed by atoms with E-state index < -0.39 is 11.9 Å². The number of carboxylic acid groups (broad SMARTS) is 1. The fourth-order valence-corrected chi connectivity index (χ4v) is 4.50. The minimum atomic E-state index is -1.19. The summed E-state index contributed by atoms with van der Waals surface area (Å²) in [6, 6.07) is 8.25. The fourth-order valence-electron chi connectivity index (χ4n) is 2.76. The topological polar surface area (TPSA) is 84.9 Å². The Kier molecular flexibility index (Phi) is 6.77. The van der Waals surface area contributed by atoms with Crippen molar-refractivity contribution in [2.45, 2.75) is 0 Å². The van der Waals surface area contributed by atoms with Gasteiger partial charge in [0.05, 0.1) is 29.8 Å². The molecule has 1 heterocycles. The lowest BCUT2D eigenvalue weighted by atomic mass is 10.0. The first-order chi connectivity index (χ1) is 14.3. The van der Waals surface area contributed by atoms with Crippen LogP contribution in [0.3, 0.4) is 0 Å². The summed E-state index contributed by atoms with van der Waals surface area (Å²) in [7, 11) is 2.86. The molecule has 0 atom stereocenters. The van der Waals surface area contributed by atoms with Gasteiger partial charge in [-0.2, -0.15) is 0 Å². The normalized spacial score (nSPS) is 10.6. The van der Waals surface area contributed by atoms with Crippen molar-refractivity contribution >= 4 is 63.0 Å². The first-order valence-electron chi connectivity index (χ1n) is 8.30. The van der Waals surface area contributed by atoms with Gasteiger partial charge in [0, 0.05) is 10.9 Å². The Bertz CT molecular complexity index is 1150. The highest BCUT2D eigenvalue weighted by Crippen LogP contribution is 2.42. The maximum absolute atomic E-state index is 12.8. The summed E-state index contributed by atoms with van der Waals surface area (Å²) < 4.78 is 10.3. The Morgan fingerprint density at radius 1 is 1.07 bits per heavy atom. The summed E-state index contributed by atoms with van der Waals surface area (Å²) >= 11 is 19.4. The van der Waals surface area contributed by atoms with E-state index in [1.165, 1.54) is 20.3 Å². The Morgan fingerprint density at radius 3 is 2.43 bits per heavy atom. The van der Waals surface area contributed by atoms with Gasteiger partial charge in [-0.05, 0) is 23.8 Å². The van der Waals surface area contributed by atoms with Crippen molar-refractivity contribution in [3.63, 3.8) is 0 Å². The molecular formula is C20H14Cl3NO5S. The quantitative estimate of drug-likeness (QED) is 0.397. The molecule has 0 radical (unpaired) electrons. The van der Waals surface area contributed by atoms with Gasteiger partial charge in [-0.15, -0.1) is 11.3 Å². The first kappa shape index (κ1) is 22.2. The van der Waals surface area contributed by atoms with Gasteiger partial charge in [0.25, 0.3) is 5.91 Å². The van der Waals surface area contributed by atoms with Gasteiger partial charge in [-0.3, -0.25) is 4.79 Å². The van der Waals surface area contributed by atoms with E-state index >= 15 is 0 Å². The molecule has 6 nitrogen and oxygen atoms in total. The van der Waals surface area contributed by atoms with Crippen molar-refractivity contribution in [1.29, 1.82) is 0 Å². The predicted molar refractivity (Wildman–Crippen MR) is 119 cm³/mol. The predicted octanol–water partition coefficient (Wildman–Crippen LogP) is 6.34. The number of carbonyl (C=O) groups excluding carboxylic acids is 1. The van der Waals surface area contributed by atoms with Crippen LogP contribution in [-0.4, -0.2) is 31.2 Å². The Labute approximate surface area is 190 Å². The maximum Gasteiger partial charge on any atom is 0.339 e. The summed E-state index contributed by atoms with van der Waals surface area (Å²) in [5, 5.41) is 14.3. The van der Waals surface area contributed by atoms with Crippen LogP contribution in [0.15, 0.2) is 35.7 Å². The van der Waals surface area contributed by atoms with Gasteiger partial charge in [-0.1, -0.05) is 46.9 Å². The van der Waals surface area contributed by atoms with E-state index in [0.29, 0.717) is 16.9 Å². The van der Waals surface area contributed by atoms with Crippen LogP contribution >= 0.6 is 46.1 Å². The third-order valence-electron chi connectivity index (χ3n) is 4.18. The fraction of sp³-hybridized carbons (Fsp3) is 0.100. The summed E-state index contributed by atoms with van der Waals surface area (Å²) in [5.74, 6) is -1.21. The van der Waals surface area contributed by atoms with Crippen molar-refractivity contribution in [2.24, 2.45) is 0 Å². The molecule has 0 saturated heterocycles. The average molecular weight is 487 g/mol. The Balaban J connectivity index is 2.02. The minimum Gasteiger partial charge on any atom is -0.497 e. The molecule has 0 fully saturated rings. The molecule has 0 unspecified atom stereocenters. The third-order valence-corrected chi connectivity index (χ3v) is 6.22. The highest BCUT2D eigenvalue weighted by Gasteiger charge is 2.25. The number of amides is 1. The van der Waals surface area contributed by atoms with Crippen molar-refractivity contribution < 1.29 is 24.2 Å². The molecule has 2 N–H and O–H groups in total. The smallest absolute Gasteiger partial charge is 0.339 e. The van der Waals surface area contributed by atoms with Crippen LogP contribution in [0.1, 0.15) is 20.7 Å². The molecule has 2 aromatic carbocycles. The molecule has 3 rings (SSSR count). The number of thiophene rings is 1. The number of hydrogen-bond acceptors (Lipinski definition) is 5. The molecule has 0 aliphatic carbocycles. The number of carbonyl (C=O) groups is 2. The molecule has 1 amide bonds. The standard InChI is InChI=1S/C20H14Cl3NO5S/c1-28-10-5-3-4-9(6-10)12-8-30-19(14(12)20(26)27)24-18(25)11-7-13(21)16(23)17(29-2)15(11)22/h3-8H,1-2H3,(H,24,25)(H,26,27). The van der Waals surface area contributed by atoms with Gasteiger partial charge in [0.2, 0.25) is 0 Å². The molecule has 0 spiro atoms. The number of nitrogens with one attached hydrogen (secondary N) is 1. The van der Waals surface area contributed by atoms with E-state index in [2.05, 4.69) is 5.32 Å². The summed E-state index contributed by atoms with van der Waals surface area (Å²) in [5.41, 5.74) is 1.03. The lowest BCUT2D eigenvalue weighted by Gasteiger charge is -2.12. The van der Waals surface area contributed by atoms with Crippen LogP contribution in [0, 0.1) is 0 Å². The molecule has 1 aromatic heterocycles. The number of ether oxygens (including phenoxy) is 2. The van der Waals surface area contributed by atoms with Gasteiger partial charge in [0.15, 0.2) is 5.75 Å². The van der Waals surface area contributed by atoms with E-state index in [-0.39, 0.29) is 36.9 Å². The zero-order valence-corrected chi connectivity index (χ0v) is 18.7. The van der Waals surface area contributed by atoms with Crippen LogP contribution in [0.5, 0.6) is 11.5 Å². The highest BCUT2D eigenvalue weighted by molar-refractivity contribution is 7.15. The van der Waals surface area contributed by atoms with Gasteiger partial charge >= 0.3 is 5.97 Å². The minimum absolute atomic E-state index is 0.00409. The zero-order chi connectivity index (χ0) is 22.0. The second-order valence-corrected chi connectivity index (χ2v) is 7.95. The third kappa shape index (κ3) is 4.20. The van der Waals surface area contributed by atoms with Crippen LogP contribution in [0.4, 0.5) is 5.00 Å². The number of benzene rings is 2. The number of carboxylic acids is 1. The number of methoxy groups -OCH3 is 2. The van der Waals surface area contributed by atoms with E-state index in [4.69, 9.17) is 44.3 Å². The average Bonchev–Trinajstić information content (AvgIpc) is 3.15. The molecule has 30 heavy (non-hydrogen) atoms. The van der Waals surface area contributed by atoms with E-state index in [1.54, 1.807) is 29.6 Å². The second-order valence-electron chi connectivity index (χ2n) is 5.91. The van der Waals surface area contributed by atoms with Crippen LogP contribution in [-0.2, 0) is 0 Å². The maximum atomic E-state index is 12.8. The summed E-state index contributed by atoms with van der Waals surface area (Å²) in [6.45, 7) is 0. The molecule has 0 bridgehead atoms. The summed E-state index contributed by atoms with van der Waals surface area (Å²) in [4.78, 5) is 24.8. The molecule has 0 saturated carbocycles. The summed E-state index contributed by atoms with van der Waals surface area (Å²) in [6.07, 6.45) is 0. The zero-order valence-electron chi connectivity index (χ0n) is 15.6. The number of anilines is 1. The molecule has 0 aliphatic heterocycles. The van der Waals surface area contributed by atoms with Crippen LogP contribution in [0.2, 0.25) is 15.1 Å². The van der Waals surface area contributed by atoms with Crippen molar-refractivity contribution in [2.75, 3.05) is 19.5 Å². The van der Waals surface area contributed by atoms with Crippen molar-refractivity contribution in [1.82, 2.24) is 0 Å². The number of hydrogen-bond donors (Lipinski definition) is 2. The Morgan fingerprint density at radius 2 is 1.80 bits per heavy atom. The van der Waals surface area contributed by atoms with Gasteiger partial charge in [0.1, 0.15) is 21.3 Å². The SMILES string of the molecule is COc1cccc(-c2csc(NC(=O)c3cc(Cl)c(Cl)c(OC)c3Cl)c2C(=O)O)c1. The first-order valence-corrected chi connectivity index (χ1v) is 10.3. The van der Waals surface area contributed by atoms with Gasteiger partial charge in [-0.25, -0.2) is 4.79 Å².